The van der Waals surface area contributed by atoms with E-state index in [1.54, 1.807) is 0 Å². The topological polar surface area (TPSA) is 24.1 Å². The zero-order valence-corrected chi connectivity index (χ0v) is 9.77. The van der Waals surface area contributed by atoms with Crippen molar-refractivity contribution in [3.8, 4) is 0 Å². The first kappa shape index (κ1) is 10.9. The number of halogens is 1. The van der Waals surface area contributed by atoms with E-state index in [9.17, 15) is 0 Å². The summed E-state index contributed by atoms with van der Waals surface area (Å²) < 4.78 is 0. The molecular weight excluding hydrogens is 208 g/mol. The summed E-state index contributed by atoms with van der Waals surface area (Å²) in [5, 5.41) is 7.69. The number of likely N-dealkylation sites (N-methyl/N-ethyl adjacent to an activating group) is 1. The van der Waals surface area contributed by atoms with Crippen molar-refractivity contribution in [2.75, 3.05) is 20.1 Å². The minimum atomic E-state index is 0.0861. The fraction of sp³-hybridized carbons (Fsp3) is 0.500. The minimum absolute atomic E-state index is 0.0861. The Kier molecular flexibility index (Phi) is 3.29. The van der Waals surface area contributed by atoms with Crippen LogP contribution in [0.5, 0.6) is 0 Å². The van der Waals surface area contributed by atoms with E-state index in [4.69, 9.17) is 11.6 Å². The van der Waals surface area contributed by atoms with Crippen LogP contribution < -0.4 is 10.6 Å². The molecule has 0 spiro atoms. The molecule has 1 aromatic carbocycles. The molecule has 1 aliphatic heterocycles. The third-order valence-corrected chi connectivity index (χ3v) is 3.51. The number of rotatable bonds is 2. The van der Waals surface area contributed by atoms with Crippen LogP contribution in [-0.4, -0.2) is 20.1 Å². The summed E-state index contributed by atoms with van der Waals surface area (Å²) in [6.07, 6.45) is 2.39. The van der Waals surface area contributed by atoms with Gasteiger partial charge in [0.15, 0.2) is 0 Å². The summed E-state index contributed by atoms with van der Waals surface area (Å²) in [6, 6.07) is 8.16. The Hall–Kier alpha value is -0.570. The van der Waals surface area contributed by atoms with Gasteiger partial charge in [-0.3, -0.25) is 0 Å². The smallest absolute Gasteiger partial charge is 0.0559 e. The highest BCUT2D eigenvalue weighted by Crippen LogP contribution is 2.28. The molecule has 15 heavy (non-hydrogen) atoms. The normalized spacial score (nSPS) is 26.5. The summed E-state index contributed by atoms with van der Waals surface area (Å²) in [5.74, 6) is 0. The second kappa shape index (κ2) is 4.52. The van der Waals surface area contributed by atoms with Crippen LogP contribution in [0.2, 0.25) is 5.02 Å². The zero-order valence-electron chi connectivity index (χ0n) is 9.02. The van der Waals surface area contributed by atoms with E-state index in [2.05, 4.69) is 22.8 Å². The van der Waals surface area contributed by atoms with Gasteiger partial charge in [-0.1, -0.05) is 23.7 Å². The molecule has 1 atom stereocenters. The molecule has 1 fully saturated rings. The number of piperidine rings is 1. The van der Waals surface area contributed by atoms with Crippen molar-refractivity contribution in [2.45, 2.75) is 18.4 Å². The van der Waals surface area contributed by atoms with Gasteiger partial charge in [0.05, 0.1) is 5.54 Å². The van der Waals surface area contributed by atoms with Gasteiger partial charge >= 0.3 is 0 Å². The number of hydrogen-bond acceptors (Lipinski definition) is 2. The molecule has 2 N–H and O–H groups in total. The molecular formula is C12H17ClN2. The Labute approximate surface area is 96.0 Å². The van der Waals surface area contributed by atoms with Crippen LogP contribution in [0, 0.1) is 0 Å². The maximum Gasteiger partial charge on any atom is 0.0559 e. The predicted octanol–water partition coefficient (Wildman–Crippen LogP) is 2.14. The molecule has 0 radical (unpaired) electrons. The van der Waals surface area contributed by atoms with Crippen molar-refractivity contribution in [3.05, 3.63) is 34.9 Å². The van der Waals surface area contributed by atoms with Gasteiger partial charge in [-0.2, -0.15) is 0 Å². The predicted molar refractivity (Wildman–Crippen MR) is 64.3 cm³/mol. The lowest BCUT2D eigenvalue weighted by Crippen LogP contribution is -2.51. The van der Waals surface area contributed by atoms with E-state index in [0.29, 0.717) is 0 Å². The van der Waals surface area contributed by atoms with E-state index in [1.165, 1.54) is 18.4 Å². The van der Waals surface area contributed by atoms with E-state index in [-0.39, 0.29) is 5.54 Å². The van der Waals surface area contributed by atoms with E-state index in [0.717, 1.165) is 18.1 Å². The van der Waals surface area contributed by atoms with Crippen molar-refractivity contribution in [1.82, 2.24) is 10.6 Å². The van der Waals surface area contributed by atoms with Crippen molar-refractivity contribution >= 4 is 11.6 Å². The Morgan fingerprint density at radius 3 is 2.60 bits per heavy atom. The standard InChI is InChI=1S/C12H17ClN2/c1-14-12(7-2-8-15-9-12)10-3-5-11(13)6-4-10/h3-6,14-15H,2,7-9H2,1H3. The summed E-state index contributed by atoms with van der Waals surface area (Å²) in [7, 11) is 2.03. The lowest BCUT2D eigenvalue weighted by Gasteiger charge is -2.38. The van der Waals surface area contributed by atoms with Crippen LogP contribution in [0.4, 0.5) is 0 Å². The lowest BCUT2D eigenvalue weighted by molar-refractivity contribution is 0.269. The molecule has 0 aromatic heterocycles. The molecule has 1 aliphatic rings. The van der Waals surface area contributed by atoms with Crippen molar-refractivity contribution in [3.63, 3.8) is 0 Å². The Bertz CT molecular complexity index is 315. The second-order valence-electron chi connectivity index (χ2n) is 4.12. The fourth-order valence-corrected chi connectivity index (χ4v) is 2.40. The SMILES string of the molecule is CNC1(c2ccc(Cl)cc2)CCCNC1. The fourth-order valence-electron chi connectivity index (χ4n) is 2.28. The first-order chi connectivity index (χ1) is 7.27. The lowest BCUT2D eigenvalue weighted by atomic mass is 9.83. The van der Waals surface area contributed by atoms with Gasteiger partial charge in [-0.05, 0) is 44.1 Å². The molecule has 3 heteroatoms. The van der Waals surface area contributed by atoms with Gasteiger partial charge in [0.25, 0.3) is 0 Å². The third kappa shape index (κ3) is 2.17. The van der Waals surface area contributed by atoms with E-state index >= 15 is 0 Å². The average Bonchev–Trinajstić information content (AvgIpc) is 2.31. The molecule has 82 valence electrons. The van der Waals surface area contributed by atoms with Crippen LogP contribution in [-0.2, 0) is 5.54 Å². The Morgan fingerprint density at radius 2 is 2.07 bits per heavy atom. The maximum atomic E-state index is 5.90. The van der Waals surface area contributed by atoms with E-state index in [1.807, 2.05) is 19.2 Å². The summed E-state index contributed by atoms with van der Waals surface area (Å²) >= 11 is 5.90. The molecule has 0 saturated carbocycles. The second-order valence-corrected chi connectivity index (χ2v) is 4.56. The first-order valence-electron chi connectivity index (χ1n) is 5.42. The molecule has 0 aliphatic carbocycles. The van der Waals surface area contributed by atoms with Gasteiger partial charge in [-0.25, -0.2) is 0 Å². The molecule has 1 heterocycles. The van der Waals surface area contributed by atoms with Crippen LogP contribution in [0.25, 0.3) is 0 Å². The summed E-state index contributed by atoms with van der Waals surface area (Å²) in [4.78, 5) is 0. The molecule has 1 aromatic rings. The van der Waals surface area contributed by atoms with Gasteiger partial charge in [-0.15, -0.1) is 0 Å². The Morgan fingerprint density at radius 1 is 1.33 bits per heavy atom. The monoisotopic (exact) mass is 224 g/mol. The zero-order chi connectivity index (χ0) is 10.7. The van der Waals surface area contributed by atoms with Gasteiger partial charge in [0.2, 0.25) is 0 Å². The quantitative estimate of drug-likeness (QED) is 0.805. The van der Waals surface area contributed by atoms with Gasteiger partial charge in [0, 0.05) is 11.6 Å². The highest BCUT2D eigenvalue weighted by Gasteiger charge is 2.31. The van der Waals surface area contributed by atoms with Gasteiger partial charge < -0.3 is 10.6 Å². The summed E-state index contributed by atoms with van der Waals surface area (Å²) in [6.45, 7) is 2.11. The van der Waals surface area contributed by atoms with Crippen LogP contribution in [0.15, 0.2) is 24.3 Å². The molecule has 0 amide bonds. The third-order valence-electron chi connectivity index (χ3n) is 3.26. The number of hydrogen-bond donors (Lipinski definition) is 2. The van der Waals surface area contributed by atoms with Crippen LogP contribution >= 0.6 is 11.6 Å². The average molecular weight is 225 g/mol. The minimum Gasteiger partial charge on any atom is -0.315 e. The highest BCUT2D eigenvalue weighted by molar-refractivity contribution is 6.30. The summed E-state index contributed by atoms with van der Waals surface area (Å²) in [5.41, 5.74) is 1.41. The van der Waals surface area contributed by atoms with Gasteiger partial charge in [0.1, 0.15) is 0 Å². The molecule has 1 unspecified atom stereocenters. The first-order valence-corrected chi connectivity index (χ1v) is 5.80. The molecule has 0 bridgehead atoms. The number of nitrogens with one attached hydrogen (secondary N) is 2. The van der Waals surface area contributed by atoms with Crippen molar-refractivity contribution in [1.29, 1.82) is 0 Å². The molecule has 2 rings (SSSR count). The van der Waals surface area contributed by atoms with Crippen LogP contribution in [0.1, 0.15) is 18.4 Å². The molecule has 2 nitrogen and oxygen atoms in total. The van der Waals surface area contributed by atoms with Crippen molar-refractivity contribution < 1.29 is 0 Å². The number of benzene rings is 1. The molecule has 1 saturated heterocycles. The van der Waals surface area contributed by atoms with E-state index < -0.39 is 0 Å². The maximum absolute atomic E-state index is 5.90. The van der Waals surface area contributed by atoms with Crippen molar-refractivity contribution in [2.24, 2.45) is 0 Å². The largest absolute Gasteiger partial charge is 0.315 e. The highest BCUT2D eigenvalue weighted by atomic mass is 35.5. The van der Waals surface area contributed by atoms with Crippen LogP contribution in [0.3, 0.4) is 0 Å². The Balaban J connectivity index is 2.28.